The molecule has 0 bridgehead atoms. The van der Waals surface area contributed by atoms with E-state index in [1.807, 2.05) is 44.2 Å². The van der Waals surface area contributed by atoms with E-state index in [0.29, 0.717) is 6.42 Å². The molecule has 0 spiro atoms. The normalized spacial score (nSPS) is 17.5. The summed E-state index contributed by atoms with van der Waals surface area (Å²) in [5.41, 5.74) is 0. The second-order valence-corrected chi connectivity index (χ2v) is 7.33. The Labute approximate surface area is 117 Å². The van der Waals surface area contributed by atoms with Crippen LogP contribution in [0.5, 0.6) is 0 Å². The van der Waals surface area contributed by atoms with E-state index in [1.165, 1.54) is 0 Å². The van der Waals surface area contributed by atoms with Crippen molar-refractivity contribution in [3.63, 3.8) is 0 Å². The van der Waals surface area contributed by atoms with Gasteiger partial charge in [0.25, 0.3) is 0 Å². The highest BCUT2D eigenvalue weighted by atomic mass is 32.2. The van der Waals surface area contributed by atoms with Gasteiger partial charge in [0.1, 0.15) is 0 Å². The SMILES string of the molecule is CCC[C@@H](O)[C@@H](CCC)S(=O)(=NC)c1ccccc1. The lowest BCUT2D eigenvalue weighted by molar-refractivity contribution is 0.154. The highest BCUT2D eigenvalue weighted by molar-refractivity contribution is 7.94. The van der Waals surface area contributed by atoms with E-state index >= 15 is 0 Å². The van der Waals surface area contributed by atoms with E-state index in [9.17, 15) is 9.32 Å². The molecule has 1 N–H and O–H groups in total. The van der Waals surface area contributed by atoms with Crippen LogP contribution >= 0.6 is 0 Å². The van der Waals surface area contributed by atoms with Gasteiger partial charge in [-0.3, -0.25) is 0 Å². The van der Waals surface area contributed by atoms with Crippen molar-refractivity contribution in [1.82, 2.24) is 0 Å². The molecule has 0 aliphatic heterocycles. The van der Waals surface area contributed by atoms with Crippen LogP contribution in [-0.2, 0) is 9.73 Å². The molecule has 19 heavy (non-hydrogen) atoms. The monoisotopic (exact) mass is 283 g/mol. The summed E-state index contributed by atoms with van der Waals surface area (Å²) >= 11 is 0. The van der Waals surface area contributed by atoms with Gasteiger partial charge in [0, 0.05) is 11.9 Å². The number of aliphatic hydroxyl groups excluding tert-OH is 1. The maximum Gasteiger partial charge on any atom is 0.0804 e. The summed E-state index contributed by atoms with van der Waals surface area (Å²) in [6.07, 6.45) is 2.62. The maximum atomic E-state index is 13.2. The van der Waals surface area contributed by atoms with Gasteiger partial charge in [-0.05, 0) is 25.0 Å². The number of nitrogens with zero attached hydrogens (tertiary/aromatic N) is 1. The highest BCUT2D eigenvalue weighted by Gasteiger charge is 2.30. The zero-order valence-electron chi connectivity index (χ0n) is 12.1. The van der Waals surface area contributed by atoms with Crippen molar-refractivity contribution in [2.45, 2.75) is 55.8 Å². The third kappa shape index (κ3) is 3.80. The standard InChI is InChI=1S/C15H25NO2S/c1-4-9-14(17)15(10-5-2)19(18,16-3)13-11-7-6-8-12-13/h6-8,11-12,14-15,17H,4-5,9-10H2,1-3H3/t14-,15-,19?/m1/s1. The summed E-state index contributed by atoms with van der Waals surface area (Å²) in [6, 6.07) is 9.33. The summed E-state index contributed by atoms with van der Waals surface area (Å²) in [4.78, 5) is 0.728. The Kier molecular flexibility index (Phi) is 6.52. The lowest BCUT2D eigenvalue weighted by Gasteiger charge is -2.26. The third-order valence-corrected chi connectivity index (χ3v) is 6.21. The number of hydrogen-bond acceptors (Lipinski definition) is 3. The van der Waals surface area contributed by atoms with Crippen LogP contribution in [0.3, 0.4) is 0 Å². The molecule has 0 amide bonds. The van der Waals surface area contributed by atoms with Crippen LogP contribution in [0.2, 0.25) is 0 Å². The molecule has 0 fully saturated rings. The quantitative estimate of drug-likeness (QED) is 0.833. The molecule has 0 aromatic heterocycles. The third-order valence-electron chi connectivity index (χ3n) is 3.35. The van der Waals surface area contributed by atoms with E-state index in [0.717, 1.165) is 24.2 Å². The molecule has 0 aliphatic rings. The minimum Gasteiger partial charge on any atom is -0.392 e. The average Bonchev–Trinajstić information content (AvgIpc) is 2.45. The minimum atomic E-state index is -2.56. The van der Waals surface area contributed by atoms with Crippen LogP contribution in [0.25, 0.3) is 0 Å². The van der Waals surface area contributed by atoms with Gasteiger partial charge in [-0.1, -0.05) is 44.9 Å². The molecule has 0 heterocycles. The fraction of sp³-hybridized carbons (Fsp3) is 0.600. The zero-order valence-corrected chi connectivity index (χ0v) is 12.9. The van der Waals surface area contributed by atoms with Gasteiger partial charge in [-0.2, -0.15) is 0 Å². The maximum absolute atomic E-state index is 13.2. The predicted octanol–water partition coefficient (Wildman–Crippen LogP) is 3.47. The first-order valence-electron chi connectivity index (χ1n) is 6.97. The van der Waals surface area contributed by atoms with E-state index in [-0.39, 0.29) is 5.25 Å². The molecule has 3 nitrogen and oxygen atoms in total. The van der Waals surface area contributed by atoms with E-state index in [2.05, 4.69) is 4.36 Å². The Balaban J connectivity index is 3.20. The summed E-state index contributed by atoms with van der Waals surface area (Å²) in [5, 5.41) is 10.0. The van der Waals surface area contributed by atoms with Crippen molar-refractivity contribution in [2.75, 3.05) is 7.05 Å². The molecule has 4 heteroatoms. The zero-order chi connectivity index (χ0) is 14.3. The molecule has 1 unspecified atom stereocenters. The van der Waals surface area contributed by atoms with Crippen LogP contribution < -0.4 is 0 Å². The van der Waals surface area contributed by atoms with Crippen molar-refractivity contribution in [3.05, 3.63) is 30.3 Å². The molecular weight excluding hydrogens is 258 g/mol. The molecular formula is C15H25NO2S. The molecule has 0 saturated heterocycles. The van der Waals surface area contributed by atoms with Gasteiger partial charge in [-0.15, -0.1) is 0 Å². The van der Waals surface area contributed by atoms with Crippen LogP contribution in [-0.4, -0.2) is 27.7 Å². The Morgan fingerprint density at radius 2 is 1.74 bits per heavy atom. The summed E-state index contributed by atoms with van der Waals surface area (Å²) in [7, 11) is -0.961. The molecule has 0 radical (unpaired) electrons. The smallest absolute Gasteiger partial charge is 0.0804 e. The van der Waals surface area contributed by atoms with Gasteiger partial charge in [0.2, 0.25) is 0 Å². The number of aliphatic hydroxyl groups is 1. The predicted molar refractivity (Wildman–Crippen MR) is 80.8 cm³/mol. The van der Waals surface area contributed by atoms with E-state index in [4.69, 9.17) is 0 Å². The second-order valence-electron chi connectivity index (χ2n) is 4.75. The van der Waals surface area contributed by atoms with Gasteiger partial charge in [0.15, 0.2) is 0 Å². The molecule has 1 aromatic rings. The summed E-state index contributed by atoms with van der Waals surface area (Å²) in [5.74, 6) is 0. The lowest BCUT2D eigenvalue weighted by Crippen LogP contribution is -2.34. The number of hydrogen-bond donors (Lipinski definition) is 1. The van der Waals surface area contributed by atoms with Crippen molar-refractivity contribution in [2.24, 2.45) is 4.36 Å². The van der Waals surface area contributed by atoms with Crippen molar-refractivity contribution in [3.8, 4) is 0 Å². The first-order valence-corrected chi connectivity index (χ1v) is 8.55. The van der Waals surface area contributed by atoms with Crippen molar-refractivity contribution >= 4 is 9.73 Å². The molecule has 0 saturated carbocycles. The largest absolute Gasteiger partial charge is 0.392 e. The molecule has 3 atom stereocenters. The number of rotatable bonds is 7. The first kappa shape index (κ1) is 16.2. The van der Waals surface area contributed by atoms with E-state index < -0.39 is 15.8 Å². The van der Waals surface area contributed by atoms with Crippen molar-refractivity contribution < 1.29 is 9.32 Å². The molecule has 0 aliphatic carbocycles. The summed E-state index contributed by atoms with van der Waals surface area (Å²) in [6.45, 7) is 4.08. The first-order chi connectivity index (χ1) is 9.10. The lowest BCUT2D eigenvalue weighted by atomic mass is 10.1. The second kappa shape index (κ2) is 7.65. The fourth-order valence-electron chi connectivity index (χ4n) is 2.36. The van der Waals surface area contributed by atoms with Gasteiger partial charge in [0.05, 0.1) is 21.1 Å². The van der Waals surface area contributed by atoms with Crippen LogP contribution in [0, 0.1) is 0 Å². The summed E-state index contributed by atoms with van der Waals surface area (Å²) < 4.78 is 17.4. The van der Waals surface area contributed by atoms with Crippen LogP contribution in [0.4, 0.5) is 0 Å². The average molecular weight is 283 g/mol. The Morgan fingerprint density at radius 3 is 2.21 bits per heavy atom. The van der Waals surface area contributed by atoms with Gasteiger partial charge in [-0.25, -0.2) is 8.57 Å². The number of benzene rings is 1. The van der Waals surface area contributed by atoms with E-state index in [1.54, 1.807) is 7.05 Å². The highest BCUT2D eigenvalue weighted by Crippen LogP contribution is 2.26. The van der Waals surface area contributed by atoms with Gasteiger partial charge >= 0.3 is 0 Å². The minimum absolute atomic E-state index is 0.287. The Morgan fingerprint density at radius 1 is 1.16 bits per heavy atom. The molecule has 108 valence electrons. The molecule has 1 rings (SSSR count). The molecule has 1 aromatic carbocycles. The van der Waals surface area contributed by atoms with Crippen LogP contribution in [0.15, 0.2) is 39.6 Å². The van der Waals surface area contributed by atoms with Crippen molar-refractivity contribution in [1.29, 1.82) is 0 Å². The fourth-order valence-corrected chi connectivity index (χ4v) is 4.86. The Bertz CT molecular complexity index is 478. The van der Waals surface area contributed by atoms with Crippen LogP contribution in [0.1, 0.15) is 39.5 Å². The van der Waals surface area contributed by atoms with Gasteiger partial charge < -0.3 is 5.11 Å². The Hall–Kier alpha value is -0.870. The topological polar surface area (TPSA) is 49.7 Å².